The number of carbonyl (C=O) groups excluding carboxylic acids is 1. The van der Waals surface area contributed by atoms with Crippen molar-refractivity contribution in [2.24, 2.45) is 0 Å². The Morgan fingerprint density at radius 2 is 2.33 bits per heavy atom. The van der Waals surface area contributed by atoms with E-state index in [0.29, 0.717) is 13.1 Å². The van der Waals surface area contributed by atoms with Crippen LogP contribution in [-0.2, 0) is 4.79 Å². The van der Waals surface area contributed by atoms with Crippen LogP contribution < -0.4 is 5.32 Å². The van der Waals surface area contributed by atoms with Crippen molar-refractivity contribution in [1.29, 1.82) is 0 Å². The maximum atomic E-state index is 11.8. The number of hydrogen-bond acceptors (Lipinski definition) is 3. The smallest absolute Gasteiger partial charge is 0.238 e. The Morgan fingerprint density at radius 3 is 2.94 bits per heavy atom. The molecule has 98 valence electrons. The van der Waals surface area contributed by atoms with Gasteiger partial charge in [-0.1, -0.05) is 18.2 Å². The average molecular weight is 248 g/mol. The minimum absolute atomic E-state index is 0.0333. The van der Waals surface area contributed by atoms with Crippen molar-refractivity contribution in [3.8, 4) is 0 Å². The number of amides is 1. The highest BCUT2D eigenvalue weighted by Crippen LogP contribution is 2.09. The fourth-order valence-corrected chi connectivity index (χ4v) is 1.69. The highest BCUT2D eigenvalue weighted by Gasteiger charge is 2.09. The monoisotopic (exact) mass is 248 g/mol. The summed E-state index contributed by atoms with van der Waals surface area (Å²) in [6.07, 6.45) is 1.72. The summed E-state index contributed by atoms with van der Waals surface area (Å²) in [5.41, 5.74) is 1.90. The quantitative estimate of drug-likeness (QED) is 0.717. The van der Waals surface area contributed by atoms with E-state index in [-0.39, 0.29) is 19.1 Å². The summed E-state index contributed by atoms with van der Waals surface area (Å²) in [4.78, 5) is 13.6. The molecule has 4 heteroatoms. The van der Waals surface area contributed by atoms with Crippen molar-refractivity contribution >= 4 is 11.6 Å². The molecule has 0 saturated carbocycles. The van der Waals surface area contributed by atoms with E-state index in [1.165, 1.54) is 0 Å². The first kappa shape index (κ1) is 14.4. The number of aryl methyl sites for hydroxylation is 1. The van der Waals surface area contributed by atoms with Crippen molar-refractivity contribution in [3.63, 3.8) is 0 Å². The topological polar surface area (TPSA) is 52.6 Å². The molecule has 1 amide bonds. The molecule has 0 heterocycles. The molecule has 0 aliphatic rings. The molecule has 1 aromatic rings. The number of benzene rings is 1. The molecule has 0 radical (unpaired) electrons. The molecule has 4 nitrogen and oxygen atoms in total. The molecular formula is C14H20N2O2. The van der Waals surface area contributed by atoms with E-state index in [2.05, 4.69) is 11.9 Å². The Morgan fingerprint density at radius 1 is 1.56 bits per heavy atom. The van der Waals surface area contributed by atoms with Crippen molar-refractivity contribution in [2.45, 2.75) is 6.92 Å². The fraction of sp³-hybridized carbons (Fsp3) is 0.357. The second kappa shape index (κ2) is 7.63. The molecule has 18 heavy (non-hydrogen) atoms. The number of anilines is 1. The highest BCUT2D eigenvalue weighted by molar-refractivity contribution is 5.92. The van der Waals surface area contributed by atoms with Crippen LogP contribution in [0.5, 0.6) is 0 Å². The predicted molar refractivity (Wildman–Crippen MR) is 73.5 cm³/mol. The molecule has 0 spiro atoms. The van der Waals surface area contributed by atoms with Crippen LogP contribution in [-0.4, -0.2) is 42.2 Å². The van der Waals surface area contributed by atoms with Crippen LogP contribution in [0.15, 0.2) is 36.9 Å². The van der Waals surface area contributed by atoms with Gasteiger partial charge in [-0.15, -0.1) is 6.58 Å². The van der Waals surface area contributed by atoms with Gasteiger partial charge in [-0.3, -0.25) is 9.69 Å². The van der Waals surface area contributed by atoms with Crippen LogP contribution in [0.3, 0.4) is 0 Å². The van der Waals surface area contributed by atoms with E-state index in [4.69, 9.17) is 5.11 Å². The summed E-state index contributed by atoms with van der Waals surface area (Å²) in [7, 11) is 0. The molecule has 0 aromatic heterocycles. The summed E-state index contributed by atoms with van der Waals surface area (Å²) >= 11 is 0. The number of hydrogen-bond donors (Lipinski definition) is 2. The third-order valence-corrected chi connectivity index (χ3v) is 2.47. The van der Waals surface area contributed by atoms with E-state index in [1.807, 2.05) is 36.1 Å². The van der Waals surface area contributed by atoms with Crippen LogP contribution in [0, 0.1) is 6.92 Å². The summed E-state index contributed by atoms with van der Waals surface area (Å²) in [6, 6.07) is 7.65. The largest absolute Gasteiger partial charge is 0.395 e. The number of nitrogens with one attached hydrogen (secondary N) is 1. The van der Waals surface area contributed by atoms with E-state index in [1.54, 1.807) is 6.08 Å². The van der Waals surface area contributed by atoms with Crippen LogP contribution in [0.1, 0.15) is 5.56 Å². The fourth-order valence-electron chi connectivity index (χ4n) is 1.69. The Bertz CT molecular complexity index is 405. The maximum Gasteiger partial charge on any atom is 0.238 e. The number of aliphatic hydroxyl groups is 1. The first-order valence-electron chi connectivity index (χ1n) is 5.96. The maximum absolute atomic E-state index is 11.8. The second-order valence-corrected chi connectivity index (χ2v) is 4.17. The lowest BCUT2D eigenvalue weighted by atomic mass is 10.2. The van der Waals surface area contributed by atoms with Gasteiger partial charge in [-0.25, -0.2) is 0 Å². The third kappa shape index (κ3) is 5.12. The van der Waals surface area contributed by atoms with Crippen molar-refractivity contribution in [2.75, 3.05) is 31.6 Å². The second-order valence-electron chi connectivity index (χ2n) is 4.17. The normalized spacial score (nSPS) is 10.4. The van der Waals surface area contributed by atoms with Gasteiger partial charge in [-0.2, -0.15) is 0 Å². The zero-order valence-corrected chi connectivity index (χ0v) is 10.7. The number of aliphatic hydroxyl groups excluding tert-OH is 1. The molecular weight excluding hydrogens is 228 g/mol. The minimum atomic E-state index is -0.0871. The molecule has 0 bridgehead atoms. The third-order valence-electron chi connectivity index (χ3n) is 2.47. The van der Waals surface area contributed by atoms with E-state index < -0.39 is 0 Å². The van der Waals surface area contributed by atoms with E-state index in [9.17, 15) is 4.79 Å². The summed E-state index contributed by atoms with van der Waals surface area (Å²) in [5.74, 6) is -0.0871. The summed E-state index contributed by atoms with van der Waals surface area (Å²) in [5, 5.41) is 11.7. The average Bonchev–Trinajstić information content (AvgIpc) is 2.29. The lowest BCUT2D eigenvalue weighted by Crippen LogP contribution is -2.35. The minimum Gasteiger partial charge on any atom is -0.395 e. The lowest BCUT2D eigenvalue weighted by Gasteiger charge is -2.18. The van der Waals surface area contributed by atoms with Gasteiger partial charge in [0.1, 0.15) is 0 Å². The predicted octanol–water partition coefficient (Wildman–Crippen LogP) is 1.41. The summed E-state index contributed by atoms with van der Waals surface area (Å²) in [6.45, 7) is 6.94. The Kier molecular flexibility index (Phi) is 6.11. The van der Waals surface area contributed by atoms with Gasteiger partial charge in [0.15, 0.2) is 0 Å². The first-order chi connectivity index (χ1) is 8.65. The first-order valence-corrected chi connectivity index (χ1v) is 5.96. The zero-order valence-electron chi connectivity index (χ0n) is 10.7. The highest BCUT2D eigenvalue weighted by atomic mass is 16.3. The molecule has 2 N–H and O–H groups in total. The van der Waals surface area contributed by atoms with E-state index >= 15 is 0 Å². The molecule has 0 atom stereocenters. The number of carbonyl (C=O) groups is 1. The van der Waals surface area contributed by atoms with Gasteiger partial charge in [0.2, 0.25) is 5.91 Å². The van der Waals surface area contributed by atoms with Crippen molar-refractivity contribution in [3.05, 3.63) is 42.5 Å². The molecule has 0 aliphatic heterocycles. The standard InChI is InChI=1S/C14H20N2O2/c1-3-7-16(8-9-17)11-14(18)15-13-6-4-5-12(2)10-13/h3-6,10,17H,1,7-9,11H2,2H3,(H,15,18). The zero-order chi connectivity index (χ0) is 13.4. The van der Waals surface area contributed by atoms with Gasteiger partial charge in [0, 0.05) is 18.8 Å². The SMILES string of the molecule is C=CCN(CCO)CC(=O)Nc1cccc(C)c1. The Balaban J connectivity index is 2.51. The van der Waals surface area contributed by atoms with Gasteiger partial charge in [0.05, 0.1) is 13.2 Å². The van der Waals surface area contributed by atoms with Crippen LogP contribution in [0.4, 0.5) is 5.69 Å². The van der Waals surface area contributed by atoms with Crippen molar-refractivity contribution in [1.82, 2.24) is 4.90 Å². The van der Waals surface area contributed by atoms with Crippen LogP contribution in [0.2, 0.25) is 0 Å². The molecule has 0 unspecified atom stereocenters. The molecule has 1 rings (SSSR count). The number of rotatable bonds is 7. The van der Waals surface area contributed by atoms with Crippen molar-refractivity contribution < 1.29 is 9.90 Å². The summed E-state index contributed by atoms with van der Waals surface area (Å²) < 4.78 is 0. The molecule has 0 saturated heterocycles. The van der Waals surface area contributed by atoms with Gasteiger partial charge in [0.25, 0.3) is 0 Å². The Labute approximate surface area is 108 Å². The van der Waals surface area contributed by atoms with Gasteiger partial charge < -0.3 is 10.4 Å². The Hall–Kier alpha value is -1.65. The van der Waals surface area contributed by atoms with Gasteiger partial charge >= 0.3 is 0 Å². The van der Waals surface area contributed by atoms with Crippen LogP contribution >= 0.6 is 0 Å². The van der Waals surface area contributed by atoms with Gasteiger partial charge in [-0.05, 0) is 24.6 Å². The number of nitrogens with zero attached hydrogens (tertiary/aromatic N) is 1. The lowest BCUT2D eigenvalue weighted by molar-refractivity contribution is -0.117. The molecule has 1 aromatic carbocycles. The molecule has 0 aliphatic carbocycles. The van der Waals surface area contributed by atoms with E-state index in [0.717, 1.165) is 11.3 Å². The molecule has 0 fully saturated rings. The van der Waals surface area contributed by atoms with Crippen LogP contribution in [0.25, 0.3) is 0 Å².